The highest BCUT2D eigenvalue weighted by Crippen LogP contribution is 2.23. The molecular weight excluding hydrogens is 408 g/mol. The minimum Gasteiger partial charge on any atom is -0.478 e. The summed E-state index contributed by atoms with van der Waals surface area (Å²) in [6, 6.07) is 19.3. The normalized spacial score (nSPS) is 14.2. The fourth-order valence-electron chi connectivity index (χ4n) is 3.61. The van der Waals surface area contributed by atoms with E-state index in [2.05, 4.69) is 59.3 Å². The summed E-state index contributed by atoms with van der Waals surface area (Å²) in [5.74, 6) is -2.39. The minimum atomic E-state index is -1.26. The highest BCUT2D eigenvalue weighted by atomic mass is 16.4. The maximum absolute atomic E-state index is 11.4. The van der Waals surface area contributed by atoms with Crippen molar-refractivity contribution in [2.45, 2.75) is 32.4 Å². The van der Waals surface area contributed by atoms with Crippen LogP contribution in [0.15, 0.2) is 66.7 Å². The molecule has 2 aromatic carbocycles. The Kier molecular flexibility index (Phi) is 9.63. The number of carbonyl (C=O) groups is 3. The molecular formula is C25H30N2O5. The Balaban J connectivity index is 0.000000390. The van der Waals surface area contributed by atoms with Crippen molar-refractivity contribution in [3.63, 3.8) is 0 Å². The molecule has 1 heterocycles. The molecule has 2 N–H and O–H groups in total. The third-order valence-electron chi connectivity index (χ3n) is 5.37. The van der Waals surface area contributed by atoms with Crippen molar-refractivity contribution >= 4 is 23.4 Å². The van der Waals surface area contributed by atoms with Crippen LogP contribution in [0.2, 0.25) is 0 Å². The molecule has 1 fully saturated rings. The summed E-state index contributed by atoms with van der Waals surface area (Å²) in [5.41, 5.74) is 3.39. The number of ketones is 1. The van der Waals surface area contributed by atoms with Crippen molar-refractivity contribution in [3.8, 4) is 0 Å². The number of carbonyl (C=O) groups excluding carboxylic acids is 1. The van der Waals surface area contributed by atoms with Gasteiger partial charge < -0.3 is 15.1 Å². The van der Waals surface area contributed by atoms with Gasteiger partial charge in [0.05, 0.1) is 0 Å². The van der Waals surface area contributed by atoms with E-state index in [-0.39, 0.29) is 5.78 Å². The van der Waals surface area contributed by atoms with Gasteiger partial charge in [-0.05, 0) is 56.6 Å². The summed E-state index contributed by atoms with van der Waals surface area (Å²) in [6.45, 7) is 4.77. The van der Waals surface area contributed by atoms with Gasteiger partial charge in [0, 0.05) is 49.1 Å². The minimum absolute atomic E-state index is 0.128. The lowest BCUT2D eigenvalue weighted by Crippen LogP contribution is -2.43. The number of Topliss-reactive ketones (excluding diaryl/α,β-unsaturated/α-hetero) is 1. The number of piperidine rings is 1. The molecule has 0 atom stereocenters. The summed E-state index contributed by atoms with van der Waals surface area (Å²) in [7, 11) is 2.23. The second-order valence-electron chi connectivity index (χ2n) is 7.73. The van der Waals surface area contributed by atoms with E-state index < -0.39 is 11.9 Å². The van der Waals surface area contributed by atoms with E-state index in [1.807, 2.05) is 12.1 Å². The third-order valence-corrected chi connectivity index (χ3v) is 5.37. The largest absolute Gasteiger partial charge is 0.478 e. The van der Waals surface area contributed by atoms with Gasteiger partial charge in [0.1, 0.15) is 0 Å². The molecule has 2 aromatic rings. The summed E-state index contributed by atoms with van der Waals surface area (Å²) in [5, 5.41) is 15.6. The Hall–Kier alpha value is -3.45. The van der Waals surface area contributed by atoms with Crippen LogP contribution in [0.5, 0.6) is 0 Å². The lowest BCUT2D eigenvalue weighted by Gasteiger charge is -2.38. The molecule has 32 heavy (non-hydrogen) atoms. The fourth-order valence-corrected chi connectivity index (χ4v) is 3.61. The van der Waals surface area contributed by atoms with Gasteiger partial charge in [0.2, 0.25) is 0 Å². The molecule has 3 rings (SSSR count). The van der Waals surface area contributed by atoms with Gasteiger partial charge in [-0.1, -0.05) is 30.3 Å². The van der Waals surface area contributed by atoms with Gasteiger partial charge in [0.25, 0.3) is 0 Å². The molecule has 0 aromatic heterocycles. The zero-order valence-electron chi connectivity index (χ0n) is 18.5. The summed E-state index contributed by atoms with van der Waals surface area (Å²) in [4.78, 5) is 35.4. The maximum atomic E-state index is 11.4. The third kappa shape index (κ3) is 8.35. The molecule has 0 unspecified atom stereocenters. The molecule has 0 saturated carbocycles. The van der Waals surface area contributed by atoms with Crippen molar-refractivity contribution in [2.75, 3.05) is 25.0 Å². The number of nitrogens with zero attached hydrogens (tertiary/aromatic N) is 2. The summed E-state index contributed by atoms with van der Waals surface area (Å²) >= 11 is 0. The average molecular weight is 439 g/mol. The van der Waals surface area contributed by atoms with Gasteiger partial charge in [0.15, 0.2) is 5.78 Å². The highest BCUT2D eigenvalue weighted by molar-refractivity contribution is 5.94. The van der Waals surface area contributed by atoms with Crippen molar-refractivity contribution < 1.29 is 24.6 Å². The Morgan fingerprint density at radius 1 is 0.938 bits per heavy atom. The first-order chi connectivity index (χ1) is 15.3. The Morgan fingerprint density at radius 2 is 1.47 bits per heavy atom. The zero-order chi connectivity index (χ0) is 23.5. The van der Waals surface area contributed by atoms with Crippen LogP contribution >= 0.6 is 0 Å². The van der Waals surface area contributed by atoms with Crippen LogP contribution in [0.25, 0.3) is 0 Å². The van der Waals surface area contributed by atoms with E-state index in [0.717, 1.165) is 25.2 Å². The van der Waals surface area contributed by atoms with Crippen LogP contribution in [-0.2, 0) is 16.1 Å². The molecule has 0 bridgehead atoms. The van der Waals surface area contributed by atoms with Crippen molar-refractivity contribution in [2.24, 2.45) is 0 Å². The van der Waals surface area contributed by atoms with Crippen LogP contribution in [-0.4, -0.2) is 59.0 Å². The molecule has 0 amide bonds. The SMILES string of the molecule is CC(=O)c1ccc(N2CCC(N(C)Cc3ccccc3)CC2)cc1.O=C(O)/C=C/C(=O)O. The fraction of sp³-hybridized carbons (Fsp3) is 0.320. The summed E-state index contributed by atoms with van der Waals surface area (Å²) in [6.07, 6.45) is 3.47. The van der Waals surface area contributed by atoms with Gasteiger partial charge in [-0.2, -0.15) is 0 Å². The molecule has 1 aliphatic heterocycles. The average Bonchev–Trinajstić information content (AvgIpc) is 2.79. The van der Waals surface area contributed by atoms with Gasteiger partial charge in [-0.15, -0.1) is 0 Å². The van der Waals surface area contributed by atoms with E-state index in [1.54, 1.807) is 6.92 Å². The van der Waals surface area contributed by atoms with Crippen LogP contribution in [0, 0.1) is 0 Å². The van der Waals surface area contributed by atoms with Crippen molar-refractivity contribution in [1.82, 2.24) is 4.90 Å². The number of benzene rings is 2. The predicted octanol–water partition coefficient (Wildman–Crippen LogP) is 3.70. The molecule has 0 spiro atoms. The van der Waals surface area contributed by atoms with Crippen molar-refractivity contribution in [3.05, 3.63) is 77.9 Å². The van der Waals surface area contributed by atoms with E-state index in [4.69, 9.17) is 10.2 Å². The van der Waals surface area contributed by atoms with Gasteiger partial charge >= 0.3 is 11.9 Å². The molecule has 0 aliphatic carbocycles. The topological polar surface area (TPSA) is 98.2 Å². The number of hydrogen-bond donors (Lipinski definition) is 2. The molecule has 170 valence electrons. The van der Waals surface area contributed by atoms with Crippen LogP contribution in [0.3, 0.4) is 0 Å². The molecule has 1 aliphatic rings. The lowest BCUT2D eigenvalue weighted by atomic mass is 10.0. The second kappa shape index (κ2) is 12.4. The second-order valence-corrected chi connectivity index (χ2v) is 7.73. The Labute approximate surface area is 188 Å². The van der Waals surface area contributed by atoms with E-state index >= 15 is 0 Å². The number of anilines is 1. The maximum Gasteiger partial charge on any atom is 0.328 e. The number of aliphatic carboxylic acids is 2. The monoisotopic (exact) mass is 438 g/mol. The standard InChI is InChI=1S/C21H26N2O.C4H4O4/c1-17(24)19-8-10-21(11-9-19)23-14-12-20(13-15-23)22(2)16-18-6-4-3-5-7-18;5-3(6)1-2-4(7)8/h3-11,20H,12-16H2,1-2H3;1-2H,(H,5,6)(H,7,8)/b;2-1+. The van der Waals surface area contributed by atoms with Crippen molar-refractivity contribution in [1.29, 1.82) is 0 Å². The summed E-state index contributed by atoms with van der Waals surface area (Å²) < 4.78 is 0. The Bertz CT molecular complexity index is 901. The first-order valence-electron chi connectivity index (χ1n) is 10.5. The number of rotatable bonds is 7. The van der Waals surface area contributed by atoms with Crippen LogP contribution in [0.1, 0.15) is 35.7 Å². The molecule has 0 radical (unpaired) electrons. The van der Waals surface area contributed by atoms with E-state index in [9.17, 15) is 14.4 Å². The van der Waals surface area contributed by atoms with Gasteiger partial charge in [-0.3, -0.25) is 9.69 Å². The first-order valence-corrected chi connectivity index (χ1v) is 10.5. The number of hydrogen-bond acceptors (Lipinski definition) is 5. The highest BCUT2D eigenvalue weighted by Gasteiger charge is 2.22. The smallest absolute Gasteiger partial charge is 0.328 e. The molecule has 7 heteroatoms. The van der Waals surface area contributed by atoms with Gasteiger partial charge in [-0.25, -0.2) is 9.59 Å². The quantitative estimate of drug-likeness (QED) is 0.502. The molecule has 1 saturated heterocycles. The number of carboxylic acids is 2. The van der Waals surface area contributed by atoms with E-state index in [1.165, 1.54) is 24.1 Å². The zero-order valence-corrected chi connectivity index (χ0v) is 18.5. The lowest BCUT2D eigenvalue weighted by molar-refractivity contribution is -0.134. The molecule has 7 nitrogen and oxygen atoms in total. The van der Waals surface area contributed by atoms with E-state index in [0.29, 0.717) is 18.2 Å². The first kappa shape index (κ1) is 24.8. The van der Waals surface area contributed by atoms with Crippen LogP contribution in [0.4, 0.5) is 5.69 Å². The Morgan fingerprint density at radius 3 is 1.94 bits per heavy atom. The number of carboxylic acid groups (broad SMARTS) is 2. The van der Waals surface area contributed by atoms with Crippen LogP contribution < -0.4 is 4.90 Å². The predicted molar refractivity (Wildman–Crippen MR) is 124 cm³/mol.